The summed E-state index contributed by atoms with van der Waals surface area (Å²) in [4.78, 5) is 12.7. The summed E-state index contributed by atoms with van der Waals surface area (Å²) in [6, 6.07) is 9.36. The molecule has 1 atom stereocenters. The molecule has 0 spiro atoms. The van der Waals surface area contributed by atoms with Gasteiger partial charge < -0.3 is 23.9 Å². The van der Waals surface area contributed by atoms with E-state index in [0.717, 1.165) is 28.7 Å². The van der Waals surface area contributed by atoms with E-state index < -0.39 is 0 Å². The fourth-order valence-corrected chi connectivity index (χ4v) is 3.51. The molecule has 2 heterocycles. The molecule has 1 N–H and O–H groups in total. The zero-order valence-electron chi connectivity index (χ0n) is 16.2. The van der Waals surface area contributed by atoms with Crippen molar-refractivity contribution in [2.45, 2.75) is 32.8 Å². The Morgan fingerprint density at radius 2 is 2.14 bits per heavy atom. The molecule has 4 rings (SSSR count). The first-order chi connectivity index (χ1) is 13.6. The highest BCUT2D eigenvalue weighted by molar-refractivity contribution is 5.96. The van der Waals surface area contributed by atoms with Crippen molar-refractivity contribution in [1.82, 2.24) is 0 Å². The third kappa shape index (κ3) is 3.50. The van der Waals surface area contributed by atoms with E-state index in [0.29, 0.717) is 29.4 Å². The Morgan fingerprint density at radius 1 is 1.29 bits per heavy atom. The molecule has 146 valence electrons. The minimum Gasteiger partial charge on any atom is -0.497 e. The fourth-order valence-electron chi connectivity index (χ4n) is 3.51. The first-order valence-corrected chi connectivity index (χ1v) is 9.37. The molecule has 28 heavy (non-hydrogen) atoms. The van der Waals surface area contributed by atoms with Gasteiger partial charge in [-0.05, 0) is 32.0 Å². The zero-order valence-corrected chi connectivity index (χ0v) is 16.2. The Labute approximate surface area is 163 Å². The largest absolute Gasteiger partial charge is 0.497 e. The number of ether oxygens (including phenoxy) is 3. The summed E-state index contributed by atoms with van der Waals surface area (Å²) >= 11 is 0. The van der Waals surface area contributed by atoms with Crippen molar-refractivity contribution in [2.75, 3.05) is 19.0 Å². The quantitative estimate of drug-likeness (QED) is 0.688. The lowest BCUT2D eigenvalue weighted by Gasteiger charge is -2.13. The number of methoxy groups -OCH3 is 1. The Bertz CT molecular complexity index is 1020. The molecule has 1 unspecified atom stereocenters. The SMILES string of the molecule is CCOc1cc2c(cc1NC(=O)Cc1coc3cc(OC)ccc13)OC(C)C2. The van der Waals surface area contributed by atoms with E-state index in [4.69, 9.17) is 18.6 Å². The van der Waals surface area contributed by atoms with Gasteiger partial charge in [0.1, 0.15) is 28.9 Å². The van der Waals surface area contributed by atoms with E-state index in [2.05, 4.69) is 5.32 Å². The second-order valence-corrected chi connectivity index (χ2v) is 6.87. The van der Waals surface area contributed by atoms with Gasteiger partial charge in [0.05, 0.1) is 32.1 Å². The number of fused-ring (bicyclic) bond motifs is 2. The van der Waals surface area contributed by atoms with Gasteiger partial charge >= 0.3 is 0 Å². The number of carbonyl (C=O) groups excluding carboxylic acids is 1. The number of nitrogens with one attached hydrogen (secondary N) is 1. The molecule has 3 aromatic rings. The minimum absolute atomic E-state index is 0.129. The average molecular weight is 381 g/mol. The van der Waals surface area contributed by atoms with Gasteiger partial charge in [-0.15, -0.1) is 0 Å². The summed E-state index contributed by atoms with van der Waals surface area (Å²) < 4.78 is 22.3. The Kier molecular flexibility index (Phi) is 4.86. The zero-order chi connectivity index (χ0) is 19.7. The van der Waals surface area contributed by atoms with Crippen molar-refractivity contribution in [3.8, 4) is 17.2 Å². The second-order valence-electron chi connectivity index (χ2n) is 6.87. The molecule has 6 heteroatoms. The van der Waals surface area contributed by atoms with Crippen molar-refractivity contribution in [3.05, 3.63) is 47.7 Å². The van der Waals surface area contributed by atoms with Crippen LogP contribution in [0.4, 0.5) is 5.69 Å². The van der Waals surface area contributed by atoms with Gasteiger partial charge in [0.15, 0.2) is 0 Å². The normalized spacial score (nSPS) is 15.2. The van der Waals surface area contributed by atoms with Crippen LogP contribution in [0.25, 0.3) is 11.0 Å². The van der Waals surface area contributed by atoms with Gasteiger partial charge in [-0.1, -0.05) is 0 Å². The Balaban J connectivity index is 1.55. The van der Waals surface area contributed by atoms with E-state index in [9.17, 15) is 4.79 Å². The number of carbonyl (C=O) groups is 1. The van der Waals surface area contributed by atoms with Crippen LogP contribution < -0.4 is 19.5 Å². The van der Waals surface area contributed by atoms with Crippen molar-refractivity contribution < 1.29 is 23.4 Å². The summed E-state index contributed by atoms with van der Waals surface area (Å²) in [7, 11) is 1.61. The first kappa shape index (κ1) is 18.2. The van der Waals surface area contributed by atoms with Crippen molar-refractivity contribution in [2.24, 2.45) is 0 Å². The maximum atomic E-state index is 12.7. The molecule has 0 saturated carbocycles. The lowest BCUT2D eigenvalue weighted by molar-refractivity contribution is -0.115. The molecular weight excluding hydrogens is 358 g/mol. The van der Waals surface area contributed by atoms with E-state index in [1.54, 1.807) is 13.4 Å². The topological polar surface area (TPSA) is 69.9 Å². The fraction of sp³-hybridized carbons (Fsp3) is 0.318. The van der Waals surface area contributed by atoms with Crippen LogP contribution in [0.5, 0.6) is 17.2 Å². The van der Waals surface area contributed by atoms with Gasteiger partial charge in [-0.2, -0.15) is 0 Å². The lowest BCUT2D eigenvalue weighted by Crippen LogP contribution is -2.15. The number of hydrogen-bond donors (Lipinski definition) is 1. The maximum Gasteiger partial charge on any atom is 0.229 e. The van der Waals surface area contributed by atoms with E-state index in [1.165, 1.54) is 0 Å². The highest BCUT2D eigenvalue weighted by atomic mass is 16.5. The highest BCUT2D eigenvalue weighted by Gasteiger charge is 2.23. The highest BCUT2D eigenvalue weighted by Crippen LogP contribution is 2.38. The third-order valence-corrected chi connectivity index (χ3v) is 4.79. The molecule has 1 aliphatic rings. The standard InChI is InChI=1S/C22H23NO5/c1-4-26-21-8-14-7-13(2)28-19(14)11-18(21)23-22(24)9-15-12-27-20-10-16(25-3)5-6-17(15)20/h5-6,8,10-13H,4,7,9H2,1-3H3,(H,23,24). The van der Waals surface area contributed by atoms with Crippen molar-refractivity contribution in [3.63, 3.8) is 0 Å². The minimum atomic E-state index is -0.148. The molecule has 6 nitrogen and oxygen atoms in total. The smallest absolute Gasteiger partial charge is 0.229 e. The van der Waals surface area contributed by atoms with E-state index in [-0.39, 0.29) is 18.4 Å². The van der Waals surface area contributed by atoms with Crippen LogP contribution in [0.3, 0.4) is 0 Å². The molecule has 1 amide bonds. The molecule has 1 aromatic heterocycles. The van der Waals surface area contributed by atoms with Crippen LogP contribution >= 0.6 is 0 Å². The predicted octanol–water partition coefficient (Wildman–Crippen LogP) is 4.34. The van der Waals surface area contributed by atoms with Gasteiger partial charge in [0.2, 0.25) is 5.91 Å². The molecule has 0 fully saturated rings. The molecule has 0 aliphatic carbocycles. The number of furan rings is 1. The van der Waals surface area contributed by atoms with Crippen LogP contribution in [0.1, 0.15) is 25.0 Å². The molecule has 2 aromatic carbocycles. The molecule has 0 radical (unpaired) electrons. The summed E-state index contributed by atoms with van der Waals surface area (Å²) in [5.74, 6) is 2.03. The monoisotopic (exact) mass is 381 g/mol. The van der Waals surface area contributed by atoms with Gasteiger partial charge in [0, 0.05) is 35.1 Å². The van der Waals surface area contributed by atoms with Crippen LogP contribution in [-0.2, 0) is 17.6 Å². The number of rotatable bonds is 6. The average Bonchev–Trinajstić information content (AvgIpc) is 3.23. The number of benzene rings is 2. The first-order valence-electron chi connectivity index (χ1n) is 9.37. The maximum absolute atomic E-state index is 12.7. The van der Waals surface area contributed by atoms with E-state index >= 15 is 0 Å². The van der Waals surface area contributed by atoms with Crippen molar-refractivity contribution >= 4 is 22.6 Å². The Hall–Kier alpha value is -3.15. The van der Waals surface area contributed by atoms with Gasteiger partial charge in [0.25, 0.3) is 0 Å². The Morgan fingerprint density at radius 3 is 2.93 bits per heavy atom. The van der Waals surface area contributed by atoms with Gasteiger partial charge in [-0.3, -0.25) is 4.79 Å². The van der Waals surface area contributed by atoms with Crippen LogP contribution in [0.15, 0.2) is 41.0 Å². The summed E-state index contributed by atoms with van der Waals surface area (Å²) in [6.07, 6.45) is 2.78. The molecular formula is C22H23NO5. The number of amides is 1. The summed E-state index contributed by atoms with van der Waals surface area (Å²) in [6.45, 7) is 4.47. The molecule has 1 aliphatic heterocycles. The van der Waals surface area contributed by atoms with Crippen molar-refractivity contribution in [1.29, 1.82) is 0 Å². The lowest BCUT2D eigenvalue weighted by atomic mass is 10.1. The molecule has 0 bridgehead atoms. The number of anilines is 1. The van der Waals surface area contributed by atoms with Gasteiger partial charge in [-0.25, -0.2) is 0 Å². The van der Waals surface area contributed by atoms with E-state index in [1.807, 2.05) is 44.2 Å². The van der Waals surface area contributed by atoms with Crippen LogP contribution in [0, 0.1) is 0 Å². The van der Waals surface area contributed by atoms with Crippen LogP contribution in [0.2, 0.25) is 0 Å². The van der Waals surface area contributed by atoms with Crippen LogP contribution in [-0.4, -0.2) is 25.7 Å². The second kappa shape index (κ2) is 7.46. The predicted molar refractivity (Wildman–Crippen MR) is 107 cm³/mol. The summed E-state index contributed by atoms with van der Waals surface area (Å²) in [5, 5.41) is 3.85. The number of hydrogen-bond acceptors (Lipinski definition) is 5. The summed E-state index contributed by atoms with van der Waals surface area (Å²) in [5.41, 5.74) is 3.23. The third-order valence-electron chi connectivity index (χ3n) is 4.79. The molecule has 0 saturated heterocycles.